The van der Waals surface area contributed by atoms with Crippen molar-refractivity contribution in [2.75, 3.05) is 23.9 Å². The molecule has 14 heteroatoms. The van der Waals surface area contributed by atoms with Crippen LogP contribution in [0.2, 0.25) is 0 Å². The first kappa shape index (κ1) is 32.1. The van der Waals surface area contributed by atoms with Crippen molar-refractivity contribution in [2.24, 2.45) is 7.05 Å². The van der Waals surface area contributed by atoms with Gasteiger partial charge >= 0.3 is 6.18 Å². The molecule has 4 aromatic rings. The van der Waals surface area contributed by atoms with Crippen molar-refractivity contribution in [1.29, 1.82) is 5.26 Å². The normalized spacial score (nSPS) is 17.4. The van der Waals surface area contributed by atoms with Crippen molar-refractivity contribution in [1.82, 2.24) is 25.1 Å². The zero-order valence-corrected chi connectivity index (χ0v) is 25.7. The smallest absolute Gasteiger partial charge is 0.381 e. The van der Waals surface area contributed by atoms with E-state index in [0.29, 0.717) is 42.0 Å². The van der Waals surface area contributed by atoms with Crippen LogP contribution in [0.15, 0.2) is 48.8 Å². The molecule has 1 aliphatic heterocycles. The van der Waals surface area contributed by atoms with Crippen molar-refractivity contribution < 1.29 is 27.1 Å². The number of benzene rings is 2. The molecule has 1 aliphatic carbocycles. The van der Waals surface area contributed by atoms with E-state index in [1.807, 2.05) is 0 Å². The van der Waals surface area contributed by atoms with E-state index in [1.165, 1.54) is 29.4 Å². The van der Waals surface area contributed by atoms with Gasteiger partial charge in [-0.25, -0.2) is 9.37 Å². The molecule has 3 heterocycles. The van der Waals surface area contributed by atoms with E-state index in [2.05, 4.69) is 31.9 Å². The van der Waals surface area contributed by atoms with Gasteiger partial charge in [0, 0.05) is 56.4 Å². The Hall–Kier alpha value is -4.87. The van der Waals surface area contributed by atoms with Gasteiger partial charge in [-0.3, -0.25) is 9.69 Å². The Morgan fingerprint density at radius 3 is 2.62 bits per heavy atom. The standard InChI is InChI=1S/C33H32F4N8O2/c1-44-18-41-43-31(44)24-6-5-21(33(35,36)37)13-25(24)20-11-29(39-8-4-3-7-38)42-30(12-20)45-17-27-26(32(45)46)9-19(10-28(27)34)16-40-22-14-23(15-22)47-2/h5-6,9-13,18,22-23,40H,3-4,8,14-17H2,1-2H3,(H,39,42). The number of aryl methyl sites for hydroxylation is 1. The van der Waals surface area contributed by atoms with Crippen LogP contribution in [-0.4, -0.2) is 51.5 Å². The number of fused-ring (bicyclic) bond motifs is 1. The summed E-state index contributed by atoms with van der Waals surface area (Å²) in [7, 11) is 3.35. The largest absolute Gasteiger partial charge is 0.416 e. The van der Waals surface area contributed by atoms with Crippen LogP contribution >= 0.6 is 0 Å². The highest BCUT2D eigenvalue weighted by molar-refractivity contribution is 6.10. The lowest BCUT2D eigenvalue weighted by Gasteiger charge is -2.34. The van der Waals surface area contributed by atoms with E-state index in [0.717, 1.165) is 25.0 Å². The number of hydrogen-bond acceptors (Lipinski definition) is 8. The van der Waals surface area contributed by atoms with Crippen molar-refractivity contribution in [3.8, 4) is 28.6 Å². The fourth-order valence-electron chi connectivity index (χ4n) is 5.86. The first-order valence-electron chi connectivity index (χ1n) is 15.1. The van der Waals surface area contributed by atoms with E-state index in [1.54, 1.807) is 30.9 Å². The van der Waals surface area contributed by atoms with Gasteiger partial charge in [0.2, 0.25) is 0 Å². The van der Waals surface area contributed by atoms with Gasteiger partial charge < -0.3 is 19.9 Å². The van der Waals surface area contributed by atoms with Crippen molar-refractivity contribution in [2.45, 2.75) is 57.1 Å². The second-order valence-electron chi connectivity index (χ2n) is 11.7. The van der Waals surface area contributed by atoms with Crippen LogP contribution in [0.5, 0.6) is 0 Å². The molecule has 2 aromatic carbocycles. The minimum absolute atomic E-state index is 0.102. The van der Waals surface area contributed by atoms with Gasteiger partial charge in [0.25, 0.3) is 5.91 Å². The number of rotatable bonds is 11. The molecular weight excluding hydrogens is 616 g/mol. The Morgan fingerprint density at radius 1 is 1.11 bits per heavy atom. The molecule has 6 rings (SSSR count). The molecule has 2 aliphatic rings. The Labute approximate surface area is 268 Å². The van der Waals surface area contributed by atoms with Gasteiger partial charge in [-0.15, -0.1) is 10.2 Å². The van der Waals surface area contributed by atoms with Crippen molar-refractivity contribution in [3.05, 3.63) is 76.9 Å². The topological polar surface area (TPSA) is 121 Å². The van der Waals surface area contributed by atoms with E-state index in [4.69, 9.17) is 10.00 Å². The highest BCUT2D eigenvalue weighted by Crippen LogP contribution is 2.40. The third kappa shape index (κ3) is 6.68. The van der Waals surface area contributed by atoms with Crippen LogP contribution in [0.3, 0.4) is 0 Å². The highest BCUT2D eigenvalue weighted by Gasteiger charge is 2.35. The summed E-state index contributed by atoms with van der Waals surface area (Å²) in [5, 5.41) is 23.4. The SMILES string of the molecule is COC1CC(NCc2cc(F)c3c(c2)C(=O)N(c2cc(-c4cc(C(F)(F)F)ccc4-c4nncn4C)cc(NCCCC#N)n2)C3)C1. The Bertz CT molecular complexity index is 1850. The summed E-state index contributed by atoms with van der Waals surface area (Å²) in [5.74, 6) is -0.246. The lowest BCUT2D eigenvalue weighted by molar-refractivity contribution is -0.137. The van der Waals surface area contributed by atoms with E-state index >= 15 is 4.39 Å². The fraction of sp³-hybridized carbons (Fsp3) is 0.364. The van der Waals surface area contributed by atoms with Crippen LogP contribution in [0.1, 0.15) is 52.7 Å². The summed E-state index contributed by atoms with van der Waals surface area (Å²) in [4.78, 5) is 19.7. The summed E-state index contributed by atoms with van der Waals surface area (Å²) < 4.78 is 64.1. The third-order valence-electron chi connectivity index (χ3n) is 8.54. The summed E-state index contributed by atoms with van der Waals surface area (Å²) in [6.45, 7) is 0.631. The molecule has 2 N–H and O–H groups in total. The number of alkyl halides is 3. The molecule has 1 amide bonds. The van der Waals surface area contributed by atoms with Crippen LogP contribution < -0.4 is 15.5 Å². The summed E-state index contributed by atoms with van der Waals surface area (Å²) in [6.07, 6.45) is -0.478. The number of nitriles is 1. The number of ether oxygens (including phenoxy) is 1. The van der Waals surface area contributed by atoms with Gasteiger partial charge in [-0.1, -0.05) is 0 Å². The van der Waals surface area contributed by atoms with Crippen LogP contribution in [0.4, 0.5) is 29.2 Å². The molecule has 0 saturated heterocycles. The molecule has 244 valence electrons. The Morgan fingerprint density at radius 2 is 1.91 bits per heavy atom. The minimum Gasteiger partial charge on any atom is -0.381 e. The molecule has 47 heavy (non-hydrogen) atoms. The summed E-state index contributed by atoms with van der Waals surface area (Å²) in [5.41, 5.74) is 1.08. The number of aromatic nitrogens is 4. The maximum Gasteiger partial charge on any atom is 0.416 e. The monoisotopic (exact) mass is 648 g/mol. The molecule has 2 aromatic heterocycles. The number of carbonyl (C=O) groups excluding carboxylic acids is 1. The van der Waals surface area contributed by atoms with Crippen LogP contribution in [-0.2, 0) is 31.1 Å². The van der Waals surface area contributed by atoms with Crippen LogP contribution in [0, 0.1) is 17.1 Å². The molecule has 0 spiro atoms. The molecule has 1 saturated carbocycles. The number of amides is 1. The van der Waals surface area contributed by atoms with E-state index in [-0.39, 0.29) is 53.4 Å². The average Bonchev–Trinajstić information content (AvgIpc) is 3.60. The predicted octanol–water partition coefficient (Wildman–Crippen LogP) is 5.85. The number of hydrogen-bond donors (Lipinski definition) is 2. The van der Waals surface area contributed by atoms with Gasteiger partial charge in [-0.05, 0) is 78.4 Å². The maximum absolute atomic E-state index is 15.4. The fourth-order valence-corrected chi connectivity index (χ4v) is 5.86. The number of nitrogens with zero attached hydrogens (tertiary/aromatic N) is 6. The molecular formula is C33H32F4N8O2. The third-order valence-corrected chi connectivity index (χ3v) is 8.54. The van der Waals surface area contributed by atoms with Gasteiger partial charge in [0.1, 0.15) is 23.8 Å². The number of methoxy groups -OCH3 is 1. The number of halogens is 4. The maximum atomic E-state index is 15.4. The number of anilines is 2. The quantitative estimate of drug-likeness (QED) is 0.154. The predicted molar refractivity (Wildman–Crippen MR) is 166 cm³/mol. The zero-order chi connectivity index (χ0) is 33.3. The minimum atomic E-state index is -4.62. The second kappa shape index (κ2) is 13.1. The number of carbonyl (C=O) groups is 1. The number of pyridine rings is 1. The molecule has 0 unspecified atom stereocenters. The zero-order valence-electron chi connectivity index (χ0n) is 25.7. The van der Waals surface area contributed by atoms with E-state index < -0.39 is 23.5 Å². The highest BCUT2D eigenvalue weighted by atomic mass is 19.4. The summed E-state index contributed by atoms with van der Waals surface area (Å²) >= 11 is 0. The lowest BCUT2D eigenvalue weighted by Crippen LogP contribution is -2.44. The van der Waals surface area contributed by atoms with Gasteiger partial charge in [-0.2, -0.15) is 18.4 Å². The molecule has 0 atom stereocenters. The summed E-state index contributed by atoms with van der Waals surface area (Å²) in [6, 6.07) is 11.8. The molecule has 0 radical (unpaired) electrons. The van der Waals surface area contributed by atoms with Crippen LogP contribution in [0.25, 0.3) is 22.5 Å². The number of nitrogens with one attached hydrogen (secondary N) is 2. The Balaban J connectivity index is 1.37. The lowest BCUT2D eigenvalue weighted by atomic mass is 9.89. The first-order valence-corrected chi connectivity index (χ1v) is 15.1. The average molecular weight is 649 g/mol. The molecule has 10 nitrogen and oxygen atoms in total. The van der Waals surface area contributed by atoms with Gasteiger partial charge in [0.15, 0.2) is 5.82 Å². The molecule has 1 fully saturated rings. The van der Waals surface area contributed by atoms with Gasteiger partial charge in [0.05, 0.1) is 24.3 Å². The van der Waals surface area contributed by atoms with E-state index in [9.17, 15) is 18.0 Å². The molecule has 0 bridgehead atoms. The Kier molecular flexibility index (Phi) is 8.94. The first-order chi connectivity index (χ1) is 22.5. The number of unbranched alkanes of at least 4 members (excludes halogenated alkanes) is 1. The van der Waals surface area contributed by atoms with Crippen molar-refractivity contribution >= 4 is 17.5 Å². The second-order valence-corrected chi connectivity index (χ2v) is 11.7. The van der Waals surface area contributed by atoms with Crippen molar-refractivity contribution in [3.63, 3.8) is 0 Å².